The molecule has 1 fully saturated rings. The molecular weight excluding hydrogens is 278 g/mol. The van der Waals surface area contributed by atoms with E-state index in [1.165, 1.54) is 0 Å². The van der Waals surface area contributed by atoms with E-state index in [9.17, 15) is 9.90 Å². The Morgan fingerprint density at radius 2 is 2.23 bits per heavy atom. The molecule has 0 heterocycles. The smallest absolute Gasteiger partial charge is 0.224 e. The zero-order valence-electron chi connectivity index (χ0n) is 13.5. The third-order valence-electron chi connectivity index (χ3n) is 3.98. The largest absolute Gasteiger partial charge is 0.491 e. The van der Waals surface area contributed by atoms with Gasteiger partial charge in [0, 0.05) is 6.54 Å². The molecule has 4 nitrogen and oxygen atoms in total. The highest BCUT2D eigenvalue weighted by Gasteiger charge is 2.20. The van der Waals surface area contributed by atoms with Gasteiger partial charge in [-0.3, -0.25) is 4.79 Å². The molecule has 1 saturated carbocycles. The highest BCUT2D eigenvalue weighted by Crippen LogP contribution is 2.23. The van der Waals surface area contributed by atoms with E-state index in [-0.39, 0.29) is 18.1 Å². The van der Waals surface area contributed by atoms with Crippen molar-refractivity contribution in [1.29, 1.82) is 0 Å². The maximum atomic E-state index is 12.1. The van der Waals surface area contributed by atoms with Crippen molar-refractivity contribution >= 4 is 5.91 Å². The van der Waals surface area contributed by atoms with Crippen LogP contribution in [-0.2, 0) is 11.2 Å². The first-order valence-electron chi connectivity index (χ1n) is 8.23. The van der Waals surface area contributed by atoms with Crippen molar-refractivity contribution in [3.63, 3.8) is 0 Å². The molecule has 2 N–H and O–H groups in total. The van der Waals surface area contributed by atoms with Gasteiger partial charge in [0.05, 0.1) is 18.6 Å². The van der Waals surface area contributed by atoms with Gasteiger partial charge in [0.2, 0.25) is 5.91 Å². The summed E-state index contributed by atoms with van der Waals surface area (Å²) in [5.74, 6) is 1.24. The van der Waals surface area contributed by atoms with Gasteiger partial charge in [-0.25, -0.2) is 0 Å². The summed E-state index contributed by atoms with van der Waals surface area (Å²) in [5.41, 5.74) is 0.958. The van der Waals surface area contributed by atoms with E-state index in [2.05, 4.69) is 5.32 Å². The molecule has 0 aromatic heterocycles. The highest BCUT2D eigenvalue weighted by molar-refractivity contribution is 5.78. The van der Waals surface area contributed by atoms with Crippen LogP contribution in [0.15, 0.2) is 24.3 Å². The first kappa shape index (κ1) is 16.8. The lowest BCUT2D eigenvalue weighted by Crippen LogP contribution is -2.33. The van der Waals surface area contributed by atoms with Crippen LogP contribution in [0.2, 0.25) is 0 Å². The fraction of sp³-hybridized carbons (Fsp3) is 0.611. The number of nitrogens with one attached hydrogen (secondary N) is 1. The predicted octanol–water partition coefficient (Wildman–Crippen LogP) is 2.68. The van der Waals surface area contributed by atoms with E-state index in [1.54, 1.807) is 0 Å². The Bertz CT molecular complexity index is 487. The van der Waals surface area contributed by atoms with E-state index < -0.39 is 0 Å². The third-order valence-corrected chi connectivity index (χ3v) is 3.98. The molecule has 22 heavy (non-hydrogen) atoms. The van der Waals surface area contributed by atoms with Crippen LogP contribution in [0.3, 0.4) is 0 Å². The number of hydrogen-bond donors (Lipinski definition) is 2. The van der Waals surface area contributed by atoms with Crippen molar-refractivity contribution in [3.05, 3.63) is 29.8 Å². The topological polar surface area (TPSA) is 58.6 Å². The van der Waals surface area contributed by atoms with E-state index >= 15 is 0 Å². The summed E-state index contributed by atoms with van der Waals surface area (Å²) in [6.45, 7) is 4.63. The number of rotatable bonds is 6. The van der Waals surface area contributed by atoms with E-state index in [1.807, 2.05) is 38.1 Å². The fourth-order valence-electron chi connectivity index (χ4n) is 2.96. The number of aliphatic hydroxyl groups is 1. The number of aliphatic hydroxyl groups excluding tert-OH is 1. The fourth-order valence-corrected chi connectivity index (χ4v) is 2.96. The molecule has 0 saturated heterocycles. The minimum atomic E-state index is -0.194. The molecule has 0 radical (unpaired) electrons. The maximum absolute atomic E-state index is 12.1. The summed E-state index contributed by atoms with van der Waals surface area (Å²) in [5, 5.41) is 12.6. The van der Waals surface area contributed by atoms with Crippen LogP contribution in [0.5, 0.6) is 5.75 Å². The average molecular weight is 305 g/mol. The Morgan fingerprint density at radius 3 is 2.95 bits per heavy atom. The quantitative estimate of drug-likeness (QED) is 0.849. The van der Waals surface area contributed by atoms with Crippen molar-refractivity contribution in [3.8, 4) is 5.75 Å². The van der Waals surface area contributed by atoms with Gasteiger partial charge in [0.1, 0.15) is 5.75 Å². The van der Waals surface area contributed by atoms with Crippen LogP contribution in [0.1, 0.15) is 45.1 Å². The average Bonchev–Trinajstić information content (AvgIpc) is 2.45. The Balaban J connectivity index is 1.79. The van der Waals surface area contributed by atoms with Crippen LogP contribution in [0.25, 0.3) is 0 Å². The van der Waals surface area contributed by atoms with Gasteiger partial charge in [-0.05, 0) is 56.7 Å². The van der Waals surface area contributed by atoms with Crippen LogP contribution in [0, 0.1) is 5.92 Å². The summed E-state index contributed by atoms with van der Waals surface area (Å²) in [4.78, 5) is 12.1. The van der Waals surface area contributed by atoms with Crippen LogP contribution in [0.4, 0.5) is 0 Å². The van der Waals surface area contributed by atoms with Gasteiger partial charge >= 0.3 is 0 Å². The molecule has 4 heteroatoms. The van der Waals surface area contributed by atoms with Crippen molar-refractivity contribution < 1.29 is 14.6 Å². The molecule has 2 atom stereocenters. The number of carbonyl (C=O) groups excluding carboxylic acids is 1. The lowest BCUT2D eigenvalue weighted by Gasteiger charge is -2.25. The predicted molar refractivity (Wildman–Crippen MR) is 86.9 cm³/mol. The third kappa shape index (κ3) is 5.68. The molecule has 1 aromatic rings. The molecule has 2 rings (SSSR count). The summed E-state index contributed by atoms with van der Waals surface area (Å²) < 4.78 is 5.64. The summed E-state index contributed by atoms with van der Waals surface area (Å²) >= 11 is 0. The zero-order valence-corrected chi connectivity index (χ0v) is 13.5. The molecule has 1 aliphatic carbocycles. The van der Waals surface area contributed by atoms with Crippen LogP contribution < -0.4 is 10.1 Å². The second-order valence-corrected chi connectivity index (χ2v) is 6.48. The lowest BCUT2D eigenvalue weighted by atomic mass is 9.87. The molecule has 0 aliphatic heterocycles. The normalized spacial score (nSPS) is 21.6. The summed E-state index contributed by atoms with van der Waals surface area (Å²) in [6, 6.07) is 7.68. The number of benzene rings is 1. The molecule has 1 aliphatic rings. The van der Waals surface area contributed by atoms with Gasteiger partial charge in [-0.15, -0.1) is 0 Å². The minimum Gasteiger partial charge on any atom is -0.491 e. The van der Waals surface area contributed by atoms with Crippen LogP contribution >= 0.6 is 0 Å². The summed E-state index contributed by atoms with van der Waals surface area (Å²) in [6.07, 6.45) is 4.14. The number of ether oxygens (including phenoxy) is 1. The van der Waals surface area contributed by atoms with E-state index in [0.717, 1.165) is 37.0 Å². The second-order valence-electron chi connectivity index (χ2n) is 6.48. The monoisotopic (exact) mass is 305 g/mol. The van der Waals surface area contributed by atoms with Gasteiger partial charge < -0.3 is 15.2 Å². The Morgan fingerprint density at radius 1 is 1.41 bits per heavy atom. The van der Waals surface area contributed by atoms with Gasteiger partial charge in [-0.2, -0.15) is 0 Å². The molecule has 1 amide bonds. The number of amides is 1. The molecule has 2 unspecified atom stereocenters. The molecule has 1 aromatic carbocycles. The minimum absolute atomic E-state index is 0.0294. The van der Waals surface area contributed by atoms with Gasteiger partial charge in [0.25, 0.3) is 0 Å². The Labute approximate surface area is 132 Å². The molecular formula is C18H27NO3. The number of hydrogen-bond acceptors (Lipinski definition) is 3. The Kier molecular flexibility index (Phi) is 6.25. The van der Waals surface area contributed by atoms with Crippen LogP contribution in [-0.4, -0.2) is 29.8 Å². The maximum Gasteiger partial charge on any atom is 0.224 e. The Hall–Kier alpha value is -1.55. The SMILES string of the molecule is CC(C)Oc1cccc(CC(=O)NCC2CCCC(O)C2)c1. The van der Waals surface area contributed by atoms with E-state index in [0.29, 0.717) is 18.9 Å². The summed E-state index contributed by atoms with van der Waals surface area (Å²) in [7, 11) is 0. The second kappa shape index (κ2) is 8.18. The van der Waals surface area contributed by atoms with Crippen molar-refractivity contribution in [2.45, 2.75) is 58.2 Å². The lowest BCUT2D eigenvalue weighted by molar-refractivity contribution is -0.120. The molecule has 122 valence electrons. The zero-order chi connectivity index (χ0) is 15.9. The first-order chi connectivity index (χ1) is 10.5. The molecule has 0 spiro atoms. The van der Waals surface area contributed by atoms with Crippen molar-refractivity contribution in [1.82, 2.24) is 5.32 Å². The van der Waals surface area contributed by atoms with Gasteiger partial charge in [0.15, 0.2) is 0 Å². The number of carbonyl (C=O) groups is 1. The molecule has 0 bridgehead atoms. The standard InChI is InChI=1S/C18H27NO3/c1-13(2)22-17-8-4-5-14(10-17)11-18(21)19-12-15-6-3-7-16(20)9-15/h4-5,8,10,13,15-16,20H,3,6-7,9,11-12H2,1-2H3,(H,19,21). The first-order valence-corrected chi connectivity index (χ1v) is 8.23. The van der Waals surface area contributed by atoms with Crippen molar-refractivity contribution in [2.24, 2.45) is 5.92 Å². The van der Waals surface area contributed by atoms with Gasteiger partial charge in [-0.1, -0.05) is 18.6 Å². The van der Waals surface area contributed by atoms with E-state index in [4.69, 9.17) is 4.74 Å². The van der Waals surface area contributed by atoms with Crippen molar-refractivity contribution in [2.75, 3.05) is 6.54 Å². The highest BCUT2D eigenvalue weighted by atomic mass is 16.5.